The fourth-order valence-corrected chi connectivity index (χ4v) is 3.32. The predicted octanol–water partition coefficient (Wildman–Crippen LogP) is 1.52. The third kappa shape index (κ3) is 3.48. The maximum absolute atomic E-state index is 11.8. The molecule has 1 saturated heterocycles. The van der Waals surface area contributed by atoms with Gasteiger partial charge >= 0.3 is 0 Å². The van der Waals surface area contributed by atoms with Crippen LogP contribution in [0.5, 0.6) is 0 Å². The SMILES string of the molecule is CCCCCS(=O)(=O)N1CCCCC1=O. The molecular weight excluding hydrogens is 214 g/mol. The van der Waals surface area contributed by atoms with Gasteiger partial charge in [0.15, 0.2) is 0 Å². The van der Waals surface area contributed by atoms with Gasteiger partial charge in [-0.15, -0.1) is 0 Å². The van der Waals surface area contributed by atoms with Crippen LogP contribution in [-0.2, 0) is 14.8 Å². The van der Waals surface area contributed by atoms with Gasteiger partial charge in [0.25, 0.3) is 0 Å². The fraction of sp³-hybridized carbons (Fsp3) is 0.900. The summed E-state index contributed by atoms with van der Waals surface area (Å²) >= 11 is 0. The number of rotatable bonds is 5. The van der Waals surface area contributed by atoms with Crippen LogP contribution < -0.4 is 0 Å². The molecule has 1 heterocycles. The number of hydrogen-bond donors (Lipinski definition) is 0. The van der Waals surface area contributed by atoms with Gasteiger partial charge in [-0.05, 0) is 19.3 Å². The molecule has 0 atom stereocenters. The molecule has 0 saturated carbocycles. The molecule has 1 amide bonds. The Morgan fingerprint density at radius 3 is 2.60 bits per heavy atom. The molecule has 15 heavy (non-hydrogen) atoms. The van der Waals surface area contributed by atoms with Gasteiger partial charge in [0, 0.05) is 13.0 Å². The van der Waals surface area contributed by atoms with Crippen molar-refractivity contribution < 1.29 is 13.2 Å². The van der Waals surface area contributed by atoms with Crippen LogP contribution in [0.4, 0.5) is 0 Å². The molecule has 0 bridgehead atoms. The van der Waals surface area contributed by atoms with Crippen LogP contribution >= 0.6 is 0 Å². The van der Waals surface area contributed by atoms with Crippen LogP contribution in [0.3, 0.4) is 0 Å². The van der Waals surface area contributed by atoms with Crippen LogP contribution in [0.25, 0.3) is 0 Å². The van der Waals surface area contributed by atoms with E-state index < -0.39 is 10.0 Å². The Morgan fingerprint density at radius 1 is 1.27 bits per heavy atom. The second-order valence-electron chi connectivity index (χ2n) is 3.95. The molecule has 0 aliphatic carbocycles. The Labute approximate surface area is 91.7 Å². The maximum Gasteiger partial charge on any atom is 0.237 e. The molecule has 0 spiro atoms. The summed E-state index contributed by atoms with van der Waals surface area (Å²) < 4.78 is 24.6. The zero-order valence-electron chi connectivity index (χ0n) is 9.24. The van der Waals surface area contributed by atoms with E-state index >= 15 is 0 Å². The van der Waals surface area contributed by atoms with E-state index in [1.54, 1.807) is 0 Å². The second-order valence-corrected chi connectivity index (χ2v) is 5.96. The summed E-state index contributed by atoms with van der Waals surface area (Å²) in [6.45, 7) is 2.41. The first-order valence-corrected chi connectivity index (χ1v) is 7.22. The predicted molar refractivity (Wildman–Crippen MR) is 58.9 cm³/mol. The fourth-order valence-electron chi connectivity index (χ4n) is 1.72. The second kappa shape index (κ2) is 5.49. The summed E-state index contributed by atoms with van der Waals surface area (Å²) in [5.74, 6) is -0.107. The Hall–Kier alpha value is -0.580. The zero-order chi connectivity index (χ0) is 11.3. The highest BCUT2D eigenvalue weighted by Gasteiger charge is 2.28. The van der Waals surface area contributed by atoms with Crippen molar-refractivity contribution in [1.29, 1.82) is 0 Å². The Bertz CT molecular complexity index is 311. The van der Waals surface area contributed by atoms with Crippen molar-refractivity contribution in [2.24, 2.45) is 0 Å². The standard InChI is InChI=1S/C10H19NO3S/c1-2-3-6-9-15(13,14)11-8-5-4-7-10(11)12/h2-9H2,1H3. The van der Waals surface area contributed by atoms with E-state index in [1.807, 2.05) is 6.92 Å². The minimum absolute atomic E-state index is 0.118. The molecule has 1 fully saturated rings. The lowest BCUT2D eigenvalue weighted by atomic mass is 10.2. The summed E-state index contributed by atoms with van der Waals surface area (Å²) in [5, 5.41) is 0. The van der Waals surface area contributed by atoms with Crippen LogP contribution in [-0.4, -0.2) is 30.9 Å². The van der Waals surface area contributed by atoms with Gasteiger partial charge in [0.2, 0.25) is 15.9 Å². The van der Waals surface area contributed by atoms with E-state index in [4.69, 9.17) is 0 Å². The van der Waals surface area contributed by atoms with Gasteiger partial charge < -0.3 is 0 Å². The van der Waals surface area contributed by atoms with Gasteiger partial charge in [-0.3, -0.25) is 4.79 Å². The van der Waals surface area contributed by atoms with Gasteiger partial charge in [0.05, 0.1) is 5.75 Å². The van der Waals surface area contributed by atoms with Crippen molar-refractivity contribution >= 4 is 15.9 Å². The largest absolute Gasteiger partial charge is 0.274 e. The first kappa shape index (κ1) is 12.5. The summed E-state index contributed by atoms with van der Waals surface area (Å²) in [6.07, 6.45) is 4.55. The number of carbonyl (C=O) groups is 1. The molecule has 0 N–H and O–H groups in total. The molecule has 0 radical (unpaired) electrons. The molecular formula is C10H19NO3S. The van der Waals surface area contributed by atoms with Gasteiger partial charge in [-0.2, -0.15) is 0 Å². The van der Waals surface area contributed by atoms with E-state index in [9.17, 15) is 13.2 Å². The lowest BCUT2D eigenvalue weighted by molar-refractivity contribution is -0.128. The van der Waals surface area contributed by atoms with Crippen LogP contribution in [0.15, 0.2) is 0 Å². The monoisotopic (exact) mass is 233 g/mol. The van der Waals surface area contributed by atoms with Crippen LogP contribution in [0.2, 0.25) is 0 Å². The highest BCUT2D eigenvalue weighted by molar-refractivity contribution is 7.89. The first-order valence-electron chi connectivity index (χ1n) is 5.61. The number of hydrogen-bond acceptors (Lipinski definition) is 3. The lowest BCUT2D eigenvalue weighted by Gasteiger charge is -2.25. The number of amides is 1. The smallest absolute Gasteiger partial charge is 0.237 e. The zero-order valence-corrected chi connectivity index (χ0v) is 10.1. The molecule has 1 aliphatic rings. The topological polar surface area (TPSA) is 54.5 Å². The molecule has 1 rings (SSSR count). The van der Waals surface area contributed by atoms with Crippen molar-refractivity contribution in [1.82, 2.24) is 4.31 Å². The molecule has 0 aromatic heterocycles. The number of nitrogens with zero attached hydrogens (tertiary/aromatic N) is 1. The van der Waals surface area contributed by atoms with E-state index in [0.29, 0.717) is 19.4 Å². The molecule has 0 aromatic rings. The minimum atomic E-state index is -3.32. The van der Waals surface area contributed by atoms with Crippen LogP contribution in [0.1, 0.15) is 45.4 Å². The number of piperidine rings is 1. The van der Waals surface area contributed by atoms with Crippen molar-refractivity contribution in [2.45, 2.75) is 45.4 Å². The van der Waals surface area contributed by atoms with Crippen molar-refractivity contribution in [2.75, 3.05) is 12.3 Å². The van der Waals surface area contributed by atoms with Crippen molar-refractivity contribution in [3.63, 3.8) is 0 Å². The highest BCUT2D eigenvalue weighted by Crippen LogP contribution is 2.16. The van der Waals surface area contributed by atoms with E-state index in [1.165, 1.54) is 0 Å². The average molecular weight is 233 g/mol. The van der Waals surface area contributed by atoms with E-state index in [0.717, 1.165) is 30.0 Å². The minimum Gasteiger partial charge on any atom is -0.274 e. The molecule has 1 aliphatic heterocycles. The summed E-state index contributed by atoms with van der Waals surface area (Å²) in [4.78, 5) is 11.4. The molecule has 0 aromatic carbocycles. The lowest BCUT2D eigenvalue weighted by Crippen LogP contribution is -2.41. The molecule has 88 valence electrons. The number of carbonyl (C=O) groups excluding carboxylic acids is 1. The van der Waals surface area contributed by atoms with Crippen molar-refractivity contribution in [3.05, 3.63) is 0 Å². The molecule has 4 nitrogen and oxygen atoms in total. The quantitative estimate of drug-likeness (QED) is 0.676. The third-order valence-corrected chi connectivity index (χ3v) is 4.48. The Kier molecular flexibility index (Phi) is 4.57. The van der Waals surface area contributed by atoms with Gasteiger partial charge in [-0.1, -0.05) is 19.8 Å². The Morgan fingerprint density at radius 2 is 2.00 bits per heavy atom. The number of sulfonamides is 1. The summed E-state index contributed by atoms with van der Waals surface area (Å²) in [6, 6.07) is 0. The molecule has 5 heteroatoms. The third-order valence-electron chi connectivity index (χ3n) is 2.62. The molecule has 0 unspecified atom stereocenters. The normalized spacial score (nSPS) is 18.2. The van der Waals surface area contributed by atoms with Crippen molar-refractivity contribution in [3.8, 4) is 0 Å². The summed E-state index contributed by atoms with van der Waals surface area (Å²) in [7, 11) is -3.32. The highest BCUT2D eigenvalue weighted by atomic mass is 32.2. The average Bonchev–Trinajstić information content (AvgIpc) is 2.18. The first-order chi connectivity index (χ1) is 7.08. The Balaban J connectivity index is 2.55. The van der Waals surface area contributed by atoms with Gasteiger partial charge in [0.1, 0.15) is 0 Å². The van der Waals surface area contributed by atoms with Crippen LogP contribution in [0, 0.1) is 0 Å². The van der Waals surface area contributed by atoms with E-state index in [-0.39, 0.29) is 11.7 Å². The number of unbranched alkanes of at least 4 members (excludes halogenated alkanes) is 2. The maximum atomic E-state index is 11.8. The summed E-state index contributed by atoms with van der Waals surface area (Å²) in [5.41, 5.74) is 0. The van der Waals surface area contributed by atoms with E-state index in [2.05, 4.69) is 0 Å². The van der Waals surface area contributed by atoms with Gasteiger partial charge in [-0.25, -0.2) is 12.7 Å².